The van der Waals surface area contributed by atoms with Crippen molar-refractivity contribution in [3.05, 3.63) is 23.3 Å². The zero-order valence-electron chi connectivity index (χ0n) is 8.23. The number of nitrogens with zero attached hydrogens (tertiary/aromatic N) is 1. The van der Waals surface area contributed by atoms with Crippen LogP contribution in [0, 0.1) is 5.95 Å². The molecular weight excluding hydrogens is 275 g/mol. The molecule has 1 aromatic heterocycles. The van der Waals surface area contributed by atoms with Crippen LogP contribution in [0.3, 0.4) is 0 Å². The Hall–Kier alpha value is -1.58. The third-order valence-corrected chi connectivity index (χ3v) is 1.71. The SMILES string of the molecule is OCc1c(OC(F)(F)F)cc(C(F)(F)F)nc1F. The van der Waals surface area contributed by atoms with Gasteiger partial charge >= 0.3 is 12.5 Å². The summed E-state index contributed by atoms with van der Waals surface area (Å²) in [6, 6.07) is -0.137. The van der Waals surface area contributed by atoms with E-state index in [1.165, 1.54) is 0 Å². The second kappa shape index (κ2) is 4.59. The molecule has 0 radical (unpaired) electrons. The molecule has 0 aromatic carbocycles. The number of ether oxygens (including phenoxy) is 1. The first-order chi connectivity index (χ1) is 8.04. The molecule has 0 aliphatic carbocycles. The summed E-state index contributed by atoms with van der Waals surface area (Å²) in [6.07, 6.45) is -10.5. The Kier molecular flexibility index (Phi) is 3.70. The summed E-state index contributed by atoms with van der Waals surface area (Å²) in [6.45, 7) is -1.29. The Morgan fingerprint density at radius 3 is 2.11 bits per heavy atom. The van der Waals surface area contributed by atoms with E-state index in [-0.39, 0.29) is 6.07 Å². The number of hydrogen-bond donors (Lipinski definition) is 1. The molecule has 0 aliphatic rings. The van der Waals surface area contributed by atoms with E-state index in [2.05, 4.69) is 9.72 Å². The van der Waals surface area contributed by atoms with E-state index in [4.69, 9.17) is 5.11 Å². The molecule has 10 heteroatoms. The minimum Gasteiger partial charge on any atom is -0.405 e. The highest BCUT2D eigenvalue weighted by atomic mass is 19.4. The number of rotatable bonds is 2. The van der Waals surface area contributed by atoms with Crippen LogP contribution in [0.15, 0.2) is 6.07 Å². The van der Waals surface area contributed by atoms with Crippen LogP contribution < -0.4 is 4.74 Å². The van der Waals surface area contributed by atoms with Crippen LogP contribution >= 0.6 is 0 Å². The van der Waals surface area contributed by atoms with E-state index in [1.807, 2.05) is 0 Å². The van der Waals surface area contributed by atoms with Crippen LogP contribution in [0.5, 0.6) is 5.75 Å². The van der Waals surface area contributed by atoms with Crippen molar-refractivity contribution in [2.75, 3.05) is 0 Å². The predicted molar refractivity (Wildman–Crippen MR) is 41.8 cm³/mol. The Bertz CT molecular complexity index is 440. The lowest BCUT2D eigenvalue weighted by molar-refractivity contribution is -0.275. The number of aromatic nitrogens is 1. The number of halogens is 7. The van der Waals surface area contributed by atoms with Gasteiger partial charge in [-0.25, -0.2) is 4.98 Å². The summed E-state index contributed by atoms with van der Waals surface area (Å²) in [7, 11) is 0. The van der Waals surface area contributed by atoms with Crippen LogP contribution in [0.1, 0.15) is 11.3 Å². The summed E-state index contributed by atoms with van der Waals surface area (Å²) < 4.78 is 88.4. The Labute approximate surface area is 94.8 Å². The van der Waals surface area contributed by atoms with Gasteiger partial charge in [0.05, 0.1) is 12.2 Å². The highest BCUT2D eigenvalue weighted by molar-refractivity contribution is 5.34. The number of aliphatic hydroxyl groups excluding tert-OH is 1. The Morgan fingerprint density at radius 1 is 1.17 bits per heavy atom. The van der Waals surface area contributed by atoms with Gasteiger partial charge in [-0.15, -0.1) is 13.2 Å². The fourth-order valence-corrected chi connectivity index (χ4v) is 1.02. The lowest BCUT2D eigenvalue weighted by Crippen LogP contribution is -2.20. The molecule has 1 rings (SSSR count). The quantitative estimate of drug-likeness (QED) is 0.668. The molecule has 3 nitrogen and oxygen atoms in total. The summed E-state index contributed by atoms with van der Waals surface area (Å²) in [4.78, 5) is 2.41. The van der Waals surface area contributed by atoms with Gasteiger partial charge in [-0.2, -0.15) is 17.6 Å². The normalized spacial score (nSPS) is 12.7. The molecule has 0 spiro atoms. The molecule has 0 aliphatic heterocycles. The summed E-state index contributed by atoms with van der Waals surface area (Å²) in [5.74, 6) is -3.36. The fraction of sp³-hybridized carbons (Fsp3) is 0.375. The van der Waals surface area contributed by atoms with Gasteiger partial charge in [0, 0.05) is 6.07 Å². The van der Waals surface area contributed by atoms with Gasteiger partial charge in [-0.1, -0.05) is 0 Å². The van der Waals surface area contributed by atoms with Crippen molar-refractivity contribution in [3.63, 3.8) is 0 Å². The van der Waals surface area contributed by atoms with Crippen molar-refractivity contribution in [1.29, 1.82) is 0 Å². The third-order valence-electron chi connectivity index (χ3n) is 1.71. The lowest BCUT2D eigenvalue weighted by atomic mass is 10.2. The molecule has 0 atom stereocenters. The van der Waals surface area contributed by atoms with Crippen LogP contribution in [-0.4, -0.2) is 16.5 Å². The molecule has 18 heavy (non-hydrogen) atoms. The summed E-state index contributed by atoms with van der Waals surface area (Å²) >= 11 is 0. The molecule has 0 fully saturated rings. The number of pyridine rings is 1. The monoisotopic (exact) mass is 279 g/mol. The van der Waals surface area contributed by atoms with E-state index >= 15 is 0 Å². The van der Waals surface area contributed by atoms with Crippen LogP contribution in [-0.2, 0) is 12.8 Å². The van der Waals surface area contributed by atoms with Crippen molar-refractivity contribution in [3.8, 4) is 5.75 Å². The molecule has 0 saturated heterocycles. The van der Waals surface area contributed by atoms with Crippen LogP contribution in [0.25, 0.3) is 0 Å². The van der Waals surface area contributed by atoms with Crippen LogP contribution in [0.4, 0.5) is 30.7 Å². The molecule has 0 saturated carbocycles. The van der Waals surface area contributed by atoms with Gasteiger partial charge in [0.1, 0.15) is 5.75 Å². The minimum atomic E-state index is -5.32. The molecule has 0 bridgehead atoms. The van der Waals surface area contributed by atoms with Gasteiger partial charge in [0.2, 0.25) is 5.95 Å². The number of hydrogen-bond acceptors (Lipinski definition) is 3. The smallest absolute Gasteiger partial charge is 0.405 e. The molecule has 1 heterocycles. The predicted octanol–water partition coefficient (Wildman–Crippen LogP) is 2.63. The topological polar surface area (TPSA) is 42.4 Å². The molecule has 1 N–H and O–H groups in total. The van der Waals surface area contributed by atoms with Gasteiger partial charge < -0.3 is 9.84 Å². The van der Waals surface area contributed by atoms with Gasteiger partial charge in [0.15, 0.2) is 5.69 Å². The van der Waals surface area contributed by atoms with Crippen LogP contribution in [0.2, 0.25) is 0 Å². The summed E-state index contributed by atoms with van der Waals surface area (Å²) in [5, 5.41) is 8.58. The zero-order valence-corrected chi connectivity index (χ0v) is 8.23. The maximum atomic E-state index is 13.0. The Morgan fingerprint density at radius 2 is 1.72 bits per heavy atom. The summed E-state index contributed by atoms with van der Waals surface area (Å²) in [5.41, 5.74) is -3.00. The first-order valence-electron chi connectivity index (χ1n) is 4.18. The average molecular weight is 279 g/mol. The maximum absolute atomic E-state index is 13.0. The van der Waals surface area contributed by atoms with Gasteiger partial charge in [-0.3, -0.25) is 0 Å². The van der Waals surface area contributed by atoms with Crippen molar-refractivity contribution >= 4 is 0 Å². The fourth-order valence-electron chi connectivity index (χ4n) is 1.02. The number of alkyl halides is 6. The van der Waals surface area contributed by atoms with Gasteiger partial charge in [-0.05, 0) is 0 Å². The first-order valence-corrected chi connectivity index (χ1v) is 4.18. The van der Waals surface area contributed by atoms with E-state index in [0.29, 0.717) is 0 Å². The van der Waals surface area contributed by atoms with E-state index in [0.717, 1.165) is 0 Å². The van der Waals surface area contributed by atoms with Crippen molar-refractivity contribution in [2.45, 2.75) is 19.1 Å². The second-order valence-electron chi connectivity index (χ2n) is 2.98. The van der Waals surface area contributed by atoms with Crippen molar-refractivity contribution in [1.82, 2.24) is 4.98 Å². The number of aliphatic hydroxyl groups is 1. The largest absolute Gasteiger partial charge is 0.573 e. The zero-order chi connectivity index (χ0) is 14.1. The van der Waals surface area contributed by atoms with Crippen molar-refractivity contribution < 1.29 is 40.6 Å². The Balaban J connectivity index is 3.33. The maximum Gasteiger partial charge on any atom is 0.573 e. The lowest BCUT2D eigenvalue weighted by Gasteiger charge is -2.14. The van der Waals surface area contributed by atoms with Gasteiger partial charge in [0.25, 0.3) is 0 Å². The van der Waals surface area contributed by atoms with Crippen molar-refractivity contribution in [2.24, 2.45) is 0 Å². The molecule has 1 aromatic rings. The molecular formula is C8H4F7NO2. The third kappa shape index (κ3) is 3.45. The van der Waals surface area contributed by atoms with E-state index in [9.17, 15) is 30.7 Å². The minimum absolute atomic E-state index is 0.137. The average Bonchev–Trinajstić information content (AvgIpc) is 2.13. The highest BCUT2D eigenvalue weighted by Gasteiger charge is 2.38. The van der Waals surface area contributed by atoms with E-state index < -0.39 is 42.1 Å². The molecule has 102 valence electrons. The first kappa shape index (κ1) is 14.5. The highest BCUT2D eigenvalue weighted by Crippen LogP contribution is 2.34. The molecule has 0 unspecified atom stereocenters. The molecule has 0 amide bonds. The standard InChI is InChI=1S/C8H4F7NO2/c9-6-3(2-17)4(18-8(13,14)15)1-5(16-6)7(10,11)12/h1,17H,2H2. The second-order valence-corrected chi connectivity index (χ2v) is 2.98. The van der Waals surface area contributed by atoms with E-state index in [1.54, 1.807) is 0 Å².